The first-order chi connectivity index (χ1) is 11.6. The molecule has 1 heterocycles. The van der Waals surface area contributed by atoms with Crippen molar-refractivity contribution in [1.82, 2.24) is 4.90 Å². The average molecular weight is 380 g/mol. The monoisotopic (exact) mass is 379 g/mol. The summed E-state index contributed by atoms with van der Waals surface area (Å²) in [7, 11) is 0. The summed E-state index contributed by atoms with van der Waals surface area (Å²) in [6, 6.07) is 18.0. The molecule has 2 unspecified atom stereocenters. The summed E-state index contributed by atoms with van der Waals surface area (Å²) in [6.07, 6.45) is 3.83. The summed E-state index contributed by atoms with van der Waals surface area (Å²) in [5.41, 5.74) is 1.16. The molecule has 1 fully saturated rings. The van der Waals surface area contributed by atoms with Crippen molar-refractivity contribution in [2.75, 3.05) is 19.6 Å². The van der Waals surface area contributed by atoms with Crippen LogP contribution < -0.4 is 0 Å². The third kappa shape index (κ3) is 4.98. The van der Waals surface area contributed by atoms with Crippen molar-refractivity contribution in [2.45, 2.75) is 37.7 Å². The van der Waals surface area contributed by atoms with Crippen LogP contribution in [0, 0.1) is 0 Å². The van der Waals surface area contributed by atoms with Crippen LogP contribution in [-0.2, 0) is 5.60 Å². The molecule has 25 heavy (non-hydrogen) atoms. The molecule has 2 aromatic rings. The minimum atomic E-state index is -0.941. The molecule has 136 valence electrons. The predicted octanol–water partition coefficient (Wildman–Crippen LogP) is 5.24. The molecule has 1 N–H and O–H groups in total. The highest BCUT2D eigenvalue weighted by atomic mass is 35.5. The smallest absolute Gasteiger partial charge is 0.0949 e. The van der Waals surface area contributed by atoms with Crippen molar-refractivity contribution >= 4 is 24.0 Å². The van der Waals surface area contributed by atoms with Crippen LogP contribution >= 0.6 is 24.0 Å². The minimum absolute atomic E-state index is 0. The fourth-order valence-corrected chi connectivity index (χ4v) is 3.81. The van der Waals surface area contributed by atoms with Crippen LogP contribution in [0.1, 0.15) is 43.2 Å². The Morgan fingerprint density at radius 2 is 1.60 bits per heavy atom. The van der Waals surface area contributed by atoms with Crippen LogP contribution in [0.15, 0.2) is 54.6 Å². The Bertz CT molecular complexity index is 637. The Balaban J connectivity index is 0.00000225. The summed E-state index contributed by atoms with van der Waals surface area (Å²) in [5, 5.41) is 12.1. The lowest BCUT2D eigenvalue weighted by atomic mass is 9.78. The van der Waals surface area contributed by atoms with E-state index < -0.39 is 5.60 Å². The molecule has 1 aliphatic rings. The highest BCUT2D eigenvalue weighted by Crippen LogP contribution is 2.38. The van der Waals surface area contributed by atoms with E-state index in [1.807, 2.05) is 37.3 Å². The van der Waals surface area contributed by atoms with Crippen LogP contribution in [0.2, 0.25) is 5.02 Å². The van der Waals surface area contributed by atoms with Crippen LogP contribution in [-0.4, -0.2) is 29.6 Å². The van der Waals surface area contributed by atoms with Gasteiger partial charge in [-0.05, 0) is 56.1 Å². The normalized spacial score (nSPS) is 18.8. The molecular weight excluding hydrogens is 353 g/mol. The minimum Gasteiger partial charge on any atom is -0.385 e. The van der Waals surface area contributed by atoms with E-state index >= 15 is 0 Å². The molecule has 0 aliphatic carbocycles. The lowest BCUT2D eigenvalue weighted by molar-refractivity contribution is 0.0107. The molecule has 0 saturated carbocycles. The van der Waals surface area contributed by atoms with Crippen molar-refractivity contribution in [3.63, 3.8) is 0 Å². The molecule has 2 aromatic carbocycles. The van der Waals surface area contributed by atoms with E-state index in [9.17, 15) is 5.11 Å². The van der Waals surface area contributed by atoms with Gasteiger partial charge in [0, 0.05) is 17.5 Å². The molecule has 4 heteroatoms. The molecule has 2 nitrogen and oxygen atoms in total. The lowest BCUT2D eigenvalue weighted by Gasteiger charge is -2.38. The van der Waals surface area contributed by atoms with E-state index in [0.29, 0.717) is 5.02 Å². The topological polar surface area (TPSA) is 23.5 Å². The van der Waals surface area contributed by atoms with Gasteiger partial charge in [0.1, 0.15) is 0 Å². The zero-order valence-electron chi connectivity index (χ0n) is 14.7. The molecule has 1 saturated heterocycles. The van der Waals surface area contributed by atoms with Gasteiger partial charge >= 0.3 is 0 Å². The van der Waals surface area contributed by atoms with E-state index in [2.05, 4.69) is 29.2 Å². The van der Waals surface area contributed by atoms with Crippen molar-refractivity contribution < 1.29 is 5.11 Å². The molecular formula is C21H27Cl2NO. The lowest BCUT2D eigenvalue weighted by Crippen LogP contribution is -2.41. The summed E-state index contributed by atoms with van der Waals surface area (Å²) in [5.74, 6) is 0.0259. The first-order valence-corrected chi connectivity index (χ1v) is 9.21. The molecule has 0 radical (unpaired) electrons. The zero-order chi connectivity index (χ0) is 17.0. The van der Waals surface area contributed by atoms with Gasteiger partial charge in [-0.15, -0.1) is 12.4 Å². The van der Waals surface area contributed by atoms with Crippen LogP contribution in [0.25, 0.3) is 0 Å². The van der Waals surface area contributed by atoms with Crippen molar-refractivity contribution in [1.29, 1.82) is 0 Å². The zero-order valence-corrected chi connectivity index (χ0v) is 16.3. The number of hydrogen-bond acceptors (Lipinski definition) is 2. The van der Waals surface area contributed by atoms with Gasteiger partial charge < -0.3 is 10.0 Å². The molecule has 0 bridgehead atoms. The van der Waals surface area contributed by atoms with Crippen molar-refractivity contribution in [3.8, 4) is 0 Å². The maximum atomic E-state index is 11.5. The number of halogens is 2. The SMILES string of the molecule is CC(O)(c1ccc(Cl)cc1)C(CN1CCCCC1)c1ccccc1.Cl. The third-order valence-corrected chi connectivity index (χ3v) is 5.45. The van der Waals surface area contributed by atoms with E-state index in [1.165, 1.54) is 24.8 Å². The maximum absolute atomic E-state index is 11.5. The van der Waals surface area contributed by atoms with Gasteiger partial charge in [0.15, 0.2) is 0 Å². The molecule has 1 aliphatic heterocycles. The summed E-state index contributed by atoms with van der Waals surface area (Å²) >= 11 is 6.02. The van der Waals surface area contributed by atoms with Crippen molar-refractivity contribution in [3.05, 3.63) is 70.7 Å². The third-order valence-electron chi connectivity index (χ3n) is 5.20. The first kappa shape index (κ1) is 20.3. The van der Waals surface area contributed by atoms with Gasteiger partial charge in [-0.3, -0.25) is 0 Å². The molecule has 3 rings (SSSR count). The average Bonchev–Trinajstić information content (AvgIpc) is 2.61. The second-order valence-electron chi connectivity index (χ2n) is 6.98. The Morgan fingerprint density at radius 1 is 1.00 bits per heavy atom. The van der Waals surface area contributed by atoms with Crippen LogP contribution in [0.3, 0.4) is 0 Å². The van der Waals surface area contributed by atoms with Gasteiger partial charge in [-0.2, -0.15) is 0 Å². The number of likely N-dealkylation sites (tertiary alicyclic amines) is 1. The number of rotatable bonds is 5. The Morgan fingerprint density at radius 3 is 2.20 bits per heavy atom. The standard InChI is InChI=1S/C21H26ClNO.ClH/c1-21(24,18-10-12-19(22)13-11-18)20(17-8-4-2-5-9-17)16-23-14-6-3-7-15-23;/h2,4-5,8-13,20,24H,3,6-7,14-16H2,1H3;1H. The van der Waals surface area contributed by atoms with E-state index in [0.717, 1.165) is 25.2 Å². The Labute approximate surface area is 162 Å². The van der Waals surface area contributed by atoms with Gasteiger partial charge in [-0.1, -0.05) is 60.5 Å². The van der Waals surface area contributed by atoms with Crippen LogP contribution in [0.5, 0.6) is 0 Å². The number of benzene rings is 2. The number of piperidine rings is 1. The fourth-order valence-electron chi connectivity index (χ4n) is 3.68. The maximum Gasteiger partial charge on any atom is 0.0949 e. The summed E-state index contributed by atoms with van der Waals surface area (Å²) in [6.45, 7) is 5.05. The number of hydrogen-bond donors (Lipinski definition) is 1. The molecule has 0 aromatic heterocycles. The number of aliphatic hydroxyl groups is 1. The van der Waals surface area contributed by atoms with Gasteiger partial charge in [0.2, 0.25) is 0 Å². The van der Waals surface area contributed by atoms with E-state index in [1.54, 1.807) is 0 Å². The van der Waals surface area contributed by atoms with Crippen molar-refractivity contribution in [2.24, 2.45) is 0 Å². The Kier molecular flexibility index (Phi) is 7.33. The summed E-state index contributed by atoms with van der Waals surface area (Å²) < 4.78 is 0. The van der Waals surface area contributed by atoms with Gasteiger partial charge in [0.25, 0.3) is 0 Å². The van der Waals surface area contributed by atoms with Gasteiger partial charge in [-0.25, -0.2) is 0 Å². The highest BCUT2D eigenvalue weighted by molar-refractivity contribution is 6.30. The molecule has 0 spiro atoms. The van der Waals surface area contributed by atoms with E-state index in [4.69, 9.17) is 11.6 Å². The largest absolute Gasteiger partial charge is 0.385 e. The number of nitrogens with zero attached hydrogens (tertiary/aromatic N) is 1. The first-order valence-electron chi connectivity index (χ1n) is 8.83. The fraction of sp³-hybridized carbons (Fsp3) is 0.429. The van der Waals surface area contributed by atoms with Gasteiger partial charge in [0.05, 0.1) is 5.60 Å². The second kappa shape index (κ2) is 9.05. The molecule has 0 amide bonds. The molecule has 2 atom stereocenters. The predicted molar refractivity (Wildman–Crippen MR) is 108 cm³/mol. The second-order valence-corrected chi connectivity index (χ2v) is 7.42. The summed E-state index contributed by atoms with van der Waals surface area (Å²) in [4.78, 5) is 2.49. The van der Waals surface area contributed by atoms with Crippen LogP contribution in [0.4, 0.5) is 0 Å². The van der Waals surface area contributed by atoms with E-state index in [-0.39, 0.29) is 18.3 Å². The quantitative estimate of drug-likeness (QED) is 0.767. The Hall–Kier alpha value is -1.06. The highest BCUT2D eigenvalue weighted by Gasteiger charge is 2.36.